The first-order valence-electron chi connectivity index (χ1n) is 7.48. The fraction of sp³-hybridized carbons (Fsp3) is 0.0556. The van der Waals surface area contributed by atoms with Gasteiger partial charge in [-0.2, -0.15) is 5.10 Å². The molecule has 0 bridgehead atoms. The van der Waals surface area contributed by atoms with Crippen LogP contribution in [0.3, 0.4) is 0 Å². The van der Waals surface area contributed by atoms with Crippen LogP contribution in [0.1, 0.15) is 21.5 Å². The van der Waals surface area contributed by atoms with Crippen molar-refractivity contribution in [2.75, 3.05) is 12.4 Å². The monoisotopic (exact) mass is 318 g/mol. The van der Waals surface area contributed by atoms with E-state index in [0.29, 0.717) is 16.8 Å². The van der Waals surface area contributed by atoms with Crippen molar-refractivity contribution >= 4 is 40.1 Å². The van der Waals surface area contributed by atoms with E-state index in [4.69, 9.17) is 0 Å². The first-order chi connectivity index (χ1) is 11.7. The maximum absolute atomic E-state index is 12.3. The number of hydrogen-bond donors (Lipinski definition) is 3. The molecule has 4 rings (SSSR count). The average Bonchev–Trinajstić information content (AvgIpc) is 3.18. The summed E-state index contributed by atoms with van der Waals surface area (Å²) in [4.78, 5) is 24.1. The first kappa shape index (κ1) is 14.2. The number of carbonyl (C=O) groups excluding carboxylic acids is 2. The quantitative estimate of drug-likeness (QED) is 0.634. The molecule has 0 saturated heterocycles. The second-order valence-corrected chi connectivity index (χ2v) is 5.57. The molecule has 24 heavy (non-hydrogen) atoms. The number of aromatic nitrogens is 2. The Bertz CT molecular complexity index is 1020. The first-order valence-corrected chi connectivity index (χ1v) is 7.48. The topological polar surface area (TPSA) is 86.9 Å². The zero-order chi connectivity index (χ0) is 16.7. The third-order valence-electron chi connectivity index (χ3n) is 4.07. The zero-order valence-electron chi connectivity index (χ0n) is 12.9. The maximum atomic E-state index is 12.3. The molecule has 0 radical (unpaired) electrons. The summed E-state index contributed by atoms with van der Waals surface area (Å²) in [7, 11) is 1.58. The van der Waals surface area contributed by atoms with Crippen LogP contribution in [0.25, 0.3) is 22.6 Å². The van der Waals surface area contributed by atoms with E-state index in [1.807, 2.05) is 24.3 Å². The third kappa shape index (κ3) is 2.25. The largest absolute Gasteiger partial charge is 0.355 e. The Kier molecular flexibility index (Phi) is 3.16. The van der Waals surface area contributed by atoms with Crippen LogP contribution in [0.15, 0.2) is 42.6 Å². The van der Waals surface area contributed by atoms with Gasteiger partial charge in [0.25, 0.3) is 11.8 Å². The molecular weight excluding hydrogens is 304 g/mol. The maximum Gasteiger partial charge on any atom is 0.256 e. The molecule has 3 N–H and O–H groups in total. The van der Waals surface area contributed by atoms with Gasteiger partial charge in [0.2, 0.25) is 0 Å². The van der Waals surface area contributed by atoms with E-state index in [1.165, 1.54) is 0 Å². The van der Waals surface area contributed by atoms with Crippen LogP contribution in [-0.2, 0) is 4.79 Å². The molecule has 0 unspecified atom stereocenters. The lowest BCUT2D eigenvalue weighted by Gasteiger charge is -2.03. The Balaban J connectivity index is 1.81. The van der Waals surface area contributed by atoms with Gasteiger partial charge < -0.3 is 10.6 Å². The number of nitrogens with zero attached hydrogens (tertiary/aromatic N) is 1. The molecule has 0 saturated carbocycles. The normalized spacial score (nSPS) is 14.7. The van der Waals surface area contributed by atoms with Gasteiger partial charge in [-0.15, -0.1) is 0 Å². The van der Waals surface area contributed by atoms with Crippen LogP contribution >= 0.6 is 0 Å². The number of hydrogen-bond acceptors (Lipinski definition) is 3. The number of nitrogens with one attached hydrogen (secondary N) is 3. The van der Waals surface area contributed by atoms with E-state index in [0.717, 1.165) is 22.0 Å². The SMILES string of the molecule is CNC(=O)c1ccc2c(c1)C(=Cc1ccc3cn[nH]c3c1)C(=O)N2. The Labute approximate surface area is 137 Å². The van der Waals surface area contributed by atoms with Crippen molar-refractivity contribution in [3.63, 3.8) is 0 Å². The van der Waals surface area contributed by atoms with E-state index in [2.05, 4.69) is 20.8 Å². The van der Waals surface area contributed by atoms with E-state index in [9.17, 15) is 9.59 Å². The lowest BCUT2D eigenvalue weighted by atomic mass is 10.0. The molecule has 0 fully saturated rings. The van der Waals surface area contributed by atoms with Crippen molar-refractivity contribution in [1.82, 2.24) is 15.5 Å². The predicted octanol–water partition coefficient (Wildman–Crippen LogP) is 2.42. The number of benzene rings is 2. The smallest absolute Gasteiger partial charge is 0.256 e. The minimum atomic E-state index is -0.185. The molecule has 1 aliphatic rings. The van der Waals surface area contributed by atoms with Crippen LogP contribution in [0.2, 0.25) is 0 Å². The minimum Gasteiger partial charge on any atom is -0.355 e. The second kappa shape index (κ2) is 5.34. The summed E-state index contributed by atoms with van der Waals surface area (Å²) in [6, 6.07) is 11.0. The Hall–Kier alpha value is -3.41. The number of fused-ring (bicyclic) bond motifs is 2. The molecule has 1 aromatic heterocycles. The second-order valence-electron chi connectivity index (χ2n) is 5.57. The van der Waals surface area contributed by atoms with Gasteiger partial charge >= 0.3 is 0 Å². The lowest BCUT2D eigenvalue weighted by molar-refractivity contribution is -0.110. The van der Waals surface area contributed by atoms with Crippen molar-refractivity contribution in [2.24, 2.45) is 0 Å². The van der Waals surface area contributed by atoms with Crippen molar-refractivity contribution in [2.45, 2.75) is 0 Å². The van der Waals surface area contributed by atoms with Gasteiger partial charge in [0, 0.05) is 34.8 Å². The molecule has 0 spiro atoms. The molecule has 2 heterocycles. The van der Waals surface area contributed by atoms with E-state index < -0.39 is 0 Å². The molecule has 0 atom stereocenters. The summed E-state index contributed by atoms with van der Waals surface area (Å²) < 4.78 is 0. The molecule has 118 valence electrons. The van der Waals surface area contributed by atoms with E-state index in [1.54, 1.807) is 31.4 Å². The molecule has 6 heteroatoms. The van der Waals surface area contributed by atoms with Gasteiger partial charge in [-0.3, -0.25) is 14.7 Å². The fourth-order valence-electron chi connectivity index (χ4n) is 2.83. The molecular formula is C18H14N4O2. The number of aromatic amines is 1. The van der Waals surface area contributed by atoms with Gasteiger partial charge in [0.1, 0.15) is 0 Å². The van der Waals surface area contributed by atoms with Crippen LogP contribution in [0.4, 0.5) is 5.69 Å². The summed E-state index contributed by atoms with van der Waals surface area (Å²) in [5.41, 5.74) is 4.28. The van der Waals surface area contributed by atoms with Crippen molar-refractivity contribution in [3.8, 4) is 0 Å². The van der Waals surface area contributed by atoms with Crippen LogP contribution in [-0.4, -0.2) is 29.1 Å². The number of carbonyl (C=O) groups is 2. The van der Waals surface area contributed by atoms with Gasteiger partial charge in [-0.05, 0) is 35.9 Å². The van der Waals surface area contributed by atoms with Crippen LogP contribution in [0, 0.1) is 0 Å². The van der Waals surface area contributed by atoms with Crippen molar-refractivity contribution < 1.29 is 9.59 Å². The Morgan fingerprint density at radius 2 is 2.08 bits per heavy atom. The standard InChI is InChI=1S/C18H14N4O2/c1-19-17(23)11-4-5-15-13(8-11)14(18(24)21-15)6-10-2-3-12-9-20-22-16(12)7-10/h2-9H,1H3,(H,19,23)(H,20,22)(H,21,24). The number of anilines is 1. The number of H-pyrrole nitrogens is 1. The summed E-state index contributed by atoms with van der Waals surface area (Å²) in [6.45, 7) is 0. The molecule has 0 aliphatic carbocycles. The van der Waals surface area contributed by atoms with Crippen LogP contribution < -0.4 is 10.6 Å². The molecule has 2 aromatic carbocycles. The van der Waals surface area contributed by atoms with Crippen molar-refractivity contribution in [3.05, 3.63) is 59.3 Å². The van der Waals surface area contributed by atoms with E-state index >= 15 is 0 Å². The van der Waals surface area contributed by atoms with Crippen LogP contribution in [0.5, 0.6) is 0 Å². The predicted molar refractivity (Wildman–Crippen MR) is 92.4 cm³/mol. The molecule has 3 aromatic rings. The highest BCUT2D eigenvalue weighted by Gasteiger charge is 2.25. The van der Waals surface area contributed by atoms with Gasteiger partial charge in [-0.1, -0.05) is 12.1 Å². The lowest BCUT2D eigenvalue weighted by Crippen LogP contribution is -2.17. The Morgan fingerprint density at radius 1 is 1.21 bits per heavy atom. The third-order valence-corrected chi connectivity index (χ3v) is 4.07. The number of rotatable bonds is 2. The molecule has 2 amide bonds. The highest BCUT2D eigenvalue weighted by atomic mass is 16.2. The van der Waals surface area contributed by atoms with Gasteiger partial charge in [0.05, 0.1) is 11.7 Å². The summed E-state index contributed by atoms with van der Waals surface area (Å²) in [6.07, 6.45) is 3.56. The Morgan fingerprint density at radius 3 is 2.92 bits per heavy atom. The highest BCUT2D eigenvalue weighted by Crippen LogP contribution is 2.34. The van der Waals surface area contributed by atoms with E-state index in [-0.39, 0.29) is 11.8 Å². The summed E-state index contributed by atoms with van der Waals surface area (Å²) in [5, 5.41) is 13.3. The summed E-state index contributed by atoms with van der Waals surface area (Å²) in [5.74, 6) is -0.362. The zero-order valence-corrected chi connectivity index (χ0v) is 12.9. The summed E-state index contributed by atoms with van der Waals surface area (Å²) >= 11 is 0. The molecule has 1 aliphatic heterocycles. The fourth-order valence-corrected chi connectivity index (χ4v) is 2.83. The molecule has 6 nitrogen and oxygen atoms in total. The minimum absolute atomic E-state index is 0.177. The van der Waals surface area contributed by atoms with Crippen molar-refractivity contribution in [1.29, 1.82) is 0 Å². The average molecular weight is 318 g/mol. The van der Waals surface area contributed by atoms with Gasteiger partial charge in [-0.25, -0.2) is 0 Å². The number of amides is 2. The van der Waals surface area contributed by atoms with Gasteiger partial charge in [0.15, 0.2) is 0 Å². The highest BCUT2D eigenvalue weighted by molar-refractivity contribution is 6.35.